The Hall–Kier alpha value is -6.82. The van der Waals surface area contributed by atoms with Crippen molar-refractivity contribution in [1.82, 2.24) is 59.4 Å². The molecule has 8 heterocycles. The van der Waals surface area contributed by atoms with Gasteiger partial charge in [-0.05, 0) is 92.0 Å². The van der Waals surface area contributed by atoms with Crippen LogP contribution >= 0.6 is 0 Å². The van der Waals surface area contributed by atoms with E-state index in [9.17, 15) is 8.78 Å². The number of hydrogen-bond acceptors (Lipinski definition) is 13. The maximum atomic E-state index is 13.5. The molecule has 0 radical (unpaired) electrons. The van der Waals surface area contributed by atoms with Crippen molar-refractivity contribution < 1.29 is 13.9 Å². The van der Waals surface area contributed by atoms with Gasteiger partial charge in [-0.2, -0.15) is 20.4 Å². The second-order valence-electron chi connectivity index (χ2n) is 14.7. The first-order valence-electron chi connectivity index (χ1n) is 19.8. The van der Waals surface area contributed by atoms with Crippen molar-refractivity contribution >= 4 is 22.9 Å². The van der Waals surface area contributed by atoms with Gasteiger partial charge in [0, 0.05) is 81.2 Å². The summed E-state index contributed by atoms with van der Waals surface area (Å²) in [6.07, 6.45) is 6.65. The summed E-state index contributed by atoms with van der Waals surface area (Å²) in [4.78, 5) is 18.7. The number of hydrogen-bond donors (Lipinski definition) is 1. The Kier molecular flexibility index (Phi) is 11.1. The molecule has 0 saturated carbocycles. The van der Waals surface area contributed by atoms with E-state index < -0.39 is 0 Å². The average molecular weight is 809 g/mol. The van der Waals surface area contributed by atoms with Gasteiger partial charge in [-0.15, -0.1) is 10.2 Å². The minimum atomic E-state index is -0.291. The smallest absolute Gasteiger partial charge is 0.155 e. The SMILES string of the molecule is CN1CCN(c2ccc3nc(-c4ccc(F)cc4)c(-c4ccnnc4)n3n2)CC1.OCCN1CCN(c2ccc3nc(-c4ccc(F)cc4)c(-c4ccnnc4)n3n2)CC1. The zero-order valence-corrected chi connectivity index (χ0v) is 32.9. The van der Waals surface area contributed by atoms with Crippen molar-refractivity contribution in [2.45, 2.75) is 0 Å². The first kappa shape index (κ1) is 38.7. The molecule has 17 heteroatoms. The van der Waals surface area contributed by atoms with Crippen LogP contribution < -0.4 is 9.80 Å². The molecule has 60 heavy (non-hydrogen) atoms. The Morgan fingerprint density at radius 3 is 1.38 bits per heavy atom. The molecule has 304 valence electrons. The van der Waals surface area contributed by atoms with E-state index in [1.54, 1.807) is 49.1 Å². The standard InChI is InChI=1S/C22H22FN7O.C21H20FN7/c23-18-3-1-16(2-4-18)21-22(17-7-8-24-25-15-17)30-19(26-21)5-6-20(27-30)29-11-9-28(10-12-29)13-14-31;1-27-10-12-28(13-11-27)19-7-6-18-25-20(15-2-4-17(22)5-3-15)21(29(18)26-19)16-8-9-23-24-14-16/h1-8,15,31H,9-14H2;2-9,14H,10-13H2,1H3. The molecule has 2 aliphatic heterocycles. The Labute approximate surface area is 344 Å². The molecule has 15 nitrogen and oxygen atoms in total. The van der Waals surface area contributed by atoms with Crippen molar-refractivity contribution in [3.63, 3.8) is 0 Å². The van der Waals surface area contributed by atoms with Crippen LogP contribution in [0.3, 0.4) is 0 Å². The van der Waals surface area contributed by atoms with Gasteiger partial charge in [0.25, 0.3) is 0 Å². The van der Waals surface area contributed by atoms with Crippen molar-refractivity contribution in [2.24, 2.45) is 0 Å². The number of benzene rings is 2. The molecule has 2 aromatic carbocycles. The number of halogens is 2. The van der Waals surface area contributed by atoms with Gasteiger partial charge < -0.3 is 19.8 Å². The number of nitrogens with zero attached hydrogens (tertiary/aromatic N) is 14. The number of aromatic nitrogens is 10. The van der Waals surface area contributed by atoms with Crippen LogP contribution in [0, 0.1) is 11.6 Å². The van der Waals surface area contributed by atoms with Gasteiger partial charge >= 0.3 is 0 Å². The van der Waals surface area contributed by atoms with E-state index in [0.29, 0.717) is 17.9 Å². The number of aliphatic hydroxyl groups excluding tert-OH is 1. The fourth-order valence-corrected chi connectivity index (χ4v) is 7.56. The lowest BCUT2D eigenvalue weighted by atomic mass is 10.1. The Morgan fingerprint density at radius 1 is 0.517 bits per heavy atom. The largest absolute Gasteiger partial charge is 0.395 e. The first-order valence-corrected chi connectivity index (χ1v) is 19.8. The van der Waals surface area contributed by atoms with Crippen LogP contribution in [0.4, 0.5) is 20.4 Å². The van der Waals surface area contributed by atoms with Crippen LogP contribution in [-0.4, -0.2) is 137 Å². The number of imidazole rings is 2. The molecular weight excluding hydrogens is 767 g/mol. The summed E-state index contributed by atoms with van der Waals surface area (Å²) in [5.41, 5.74) is 7.81. The van der Waals surface area contributed by atoms with Crippen molar-refractivity contribution in [2.75, 3.05) is 82.4 Å². The highest BCUT2D eigenvalue weighted by atomic mass is 19.1. The maximum Gasteiger partial charge on any atom is 0.155 e. The lowest BCUT2D eigenvalue weighted by Gasteiger charge is -2.34. The molecule has 2 fully saturated rings. The summed E-state index contributed by atoms with van der Waals surface area (Å²) in [5, 5.41) is 34.8. The topological polar surface area (TPSA) is 145 Å². The monoisotopic (exact) mass is 808 g/mol. The second-order valence-corrected chi connectivity index (χ2v) is 14.7. The van der Waals surface area contributed by atoms with Crippen molar-refractivity contribution in [3.05, 3.63) is 121 Å². The number of piperazine rings is 2. The van der Waals surface area contributed by atoms with E-state index in [0.717, 1.165) is 109 Å². The molecule has 2 saturated heterocycles. The summed E-state index contributed by atoms with van der Waals surface area (Å²) in [7, 11) is 2.13. The number of aliphatic hydroxyl groups is 1. The predicted molar refractivity (Wildman–Crippen MR) is 224 cm³/mol. The minimum Gasteiger partial charge on any atom is -0.395 e. The summed E-state index contributed by atoms with van der Waals surface area (Å²) in [6, 6.07) is 24.3. The molecule has 2 aliphatic rings. The van der Waals surface area contributed by atoms with E-state index in [1.807, 2.05) is 45.4 Å². The molecule has 0 aliphatic carbocycles. The maximum absolute atomic E-state index is 13.5. The predicted octanol–water partition coefficient (Wildman–Crippen LogP) is 4.85. The Bertz CT molecular complexity index is 2680. The number of rotatable bonds is 8. The molecule has 0 spiro atoms. The van der Waals surface area contributed by atoms with E-state index >= 15 is 0 Å². The molecule has 1 N–H and O–H groups in total. The quantitative estimate of drug-likeness (QED) is 0.224. The van der Waals surface area contributed by atoms with Crippen LogP contribution in [0.2, 0.25) is 0 Å². The molecular formula is C43H42F2N14O. The van der Waals surface area contributed by atoms with E-state index in [-0.39, 0.29) is 18.2 Å². The molecule has 0 bridgehead atoms. The molecule has 6 aromatic heterocycles. The third-order valence-corrected chi connectivity index (χ3v) is 10.8. The Morgan fingerprint density at radius 2 is 0.967 bits per heavy atom. The molecule has 0 atom stereocenters. The van der Waals surface area contributed by atoms with Crippen LogP contribution in [0.1, 0.15) is 0 Å². The van der Waals surface area contributed by atoms with E-state index in [4.69, 9.17) is 25.3 Å². The third kappa shape index (κ3) is 8.09. The number of likely N-dealkylation sites (N-methyl/N-ethyl adjacent to an activating group) is 1. The first-order chi connectivity index (χ1) is 29.4. The second kappa shape index (κ2) is 17.2. The number of anilines is 2. The zero-order valence-electron chi connectivity index (χ0n) is 32.9. The highest BCUT2D eigenvalue weighted by molar-refractivity contribution is 5.82. The number of β-amino-alcohol motifs (C(OH)–C–C–N with tert-alkyl or cyclic N) is 1. The molecule has 10 rings (SSSR count). The summed E-state index contributed by atoms with van der Waals surface area (Å²) < 4.78 is 30.6. The van der Waals surface area contributed by atoms with Crippen LogP contribution in [0.25, 0.3) is 56.3 Å². The van der Waals surface area contributed by atoms with Crippen molar-refractivity contribution in [3.8, 4) is 45.0 Å². The lowest BCUT2D eigenvalue weighted by Crippen LogP contribution is -2.47. The molecule has 0 amide bonds. The van der Waals surface area contributed by atoms with Crippen LogP contribution in [0.5, 0.6) is 0 Å². The number of fused-ring (bicyclic) bond motifs is 2. The van der Waals surface area contributed by atoms with Gasteiger partial charge in [0.05, 0.1) is 42.8 Å². The van der Waals surface area contributed by atoms with Crippen molar-refractivity contribution in [1.29, 1.82) is 0 Å². The average Bonchev–Trinajstić information content (AvgIpc) is 3.87. The normalized spacial score (nSPS) is 15.1. The summed E-state index contributed by atoms with van der Waals surface area (Å²) in [6.45, 7) is 8.18. The third-order valence-electron chi connectivity index (χ3n) is 10.8. The van der Waals surface area contributed by atoms with Gasteiger partial charge in [-0.25, -0.2) is 27.8 Å². The summed E-state index contributed by atoms with van der Waals surface area (Å²) in [5.74, 6) is 1.21. The zero-order chi connectivity index (χ0) is 41.0. The molecule has 0 unspecified atom stereocenters. The van der Waals surface area contributed by atoms with E-state index in [1.165, 1.54) is 24.3 Å². The van der Waals surface area contributed by atoms with Gasteiger partial charge in [0.1, 0.15) is 34.7 Å². The van der Waals surface area contributed by atoms with Gasteiger partial charge in [-0.3, -0.25) is 4.90 Å². The van der Waals surface area contributed by atoms with Gasteiger partial charge in [0.2, 0.25) is 0 Å². The van der Waals surface area contributed by atoms with Crippen LogP contribution in [0.15, 0.2) is 110 Å². The van der Waals surface area contributed by atoms with Gasteiger partial charge in [-0.1, -0.05) is 0 Å². The summed E-state index contributed by atoms with van der Waals surface area (Å²) >= 11 is 0. The fourth-order valence-electron chi connectivity index (χ4n) is 7.56. The Balaban J connectivity index is 0.000000154. The van der Waals surface area contributed by atoms with E-state index in [2.05, 4.69) is 47.0 Å². The van der Waals surface area contributed by atoms with Gasteiger partial charge in [0.15, 0.2) is 11.3 Å². The highest BCUT2D eigenvalue weighted by Gasteiger charge is 2.23. The van der Waals surface area contributed by atoms with Crippen LogP contribution in [-0.2, 0) is 0 Å². The minimum absolute atomic E-state index is 0.175. The lowest BCUT2D eigenvalue weighted by molar-refractivity contribution is 0.188. The molecule has 8 aromatic rings. The fraction of sp³-hybridized carbons (Fsp3) is 0.256. The highest BCUT2D eigenvalue weighted by Crippen LogP contribution is 2.34.